The highest BCUT2D eigenvalue weighted by Crippen LogP contribution is 2.43. The van der Waals surface area contributed by atoms with Crippen molar-refractivity contribution in [3.05, 3.63) is 162 Å². The van der Waals surface area contributed by atoms with E-state index in [4.69, 9.17) is 98.7 Å². The molecule has 16 heterocycles. The lowest BCUT2D eigenvalue weighted by atomic mass is 10.2. The molecule has 24 rings (SSSR count). The van der Waals surface area contributed by atoms with Gasteiger partial charge in [0.25, 0.3) is 5.95 Å². The van der Waals surface area contributed by atoms with Gasteiger partial charge >= 0.3 is 0 Å². The number of anilines is 21. The van der Waals surface area contributed by atoms with Gasteiger partial charge in [0.15, 0.2) is 92.0 Å². The van der Waals surface area contributed by atoms with Crippen LogP contribution >= 0.6 is 0 Å². The molecule has 0 saturated carbocycles. The van der Waals surface area contributed by atoms with Gasteiger partial charge in [-0.2, -0.15) is 24.9 Å². The van der Waals surface area contributed by atoms with Gasteiger partial charge in [0.05, 0.1) is 0 Å². The molecule has 8 aromatic carbocycles. The number of rotatable bonds is 23. The van der Waals surface area contributed by atoms with Gasteiger partial charge in [-0.1, -0.05) is 18.2 Å². The first-order valence-corrected chi connectivity index (χ1v) is 44.3. The van der Waals surface area contributed by atoms with Crippen LogP contribution in [-0.2, 0) is 40.8 Å². The molecule has 0 aliphatic carbocycles. The first kappa shape index (κ1) is 97.1. The maximum atomic E-state index is 5.66. The highest BCUT2D eigenvalue weighted by atomic mass is 16.7. The molecule has 0 bridgehead atoms. The second kappa shape index (κ2) is 44.1. The average Bonchev–Trinajstić information content (AvgIpc) is 1.69. The lowest BCUT2D eigenvalue weighted by Gasteiger charge is -2.17. The number of H-pyrrole nitrogens is 5. The van der Waals surface area contributed by atoms with Crippen molar-refractivity contribution < 1.29 is 75.8 Å². The maximum Gasteiger partial charge on any atom is 0.250 e. The number of ether oxygens (including phenoxy) is 16. The van der Waals surface area contributed by atoms with Crippen LogP contribution in [0.1, 0.15) is 16.7 Å². The fourth-order valence-corrected chi connectivity index (χ4v) is 14.0. The lowest BCUT2D eigenvalue weighted by molar-refractivity contribution is 0.173. The van der Waals surface area contributed by atoms with E-state index in [1.54, 1.807) is 23.2 Å². The number of nitrogens with zero attached hydrogens (tertiary/aromatic N) is 26. The largest absolute Gasteiger partial charge is 0.454 e. The Kier molecular flexibility index (Phi) is 29.5. The number of benzene rings is 8. The van der Waals surface area contributed by atoms with Crippen molar-refractivity contribution in [3.63, 3.8) is 0 Å². The van der Waals surface area contributed by atoms with Crippen LogP contribution in [0, 0.1) is 0 Å². The van der Waals surface area contributed by atoms with Crippen LogP contribution in [0.2, 0.25) is 0 Å². The number of nitrogens with one attached hydrogen (secondary N) is 10. The molecule has 0 unspecified atom stereocenters. The van der Waals surface area contributed by atoms with Gasteiger partial charge in [0.2, 0.25) is 144 Å². The van der Waals surface area contributed by atoms with Gasteiger partial charge in [0.1, 0.15) is 0 Å². The molecule has 8 aliphatic heterocycles. The molecule has 8 aromatic heterocycles. The molecule has 0 radical (unpaired) electrons. The predicted octanol–water partition coefficient (Wildman–Crippen LogP) is 8.52. The zero-order valence-corrected chi connectivity index (χ0v) is 81.1. The smallest absolute Gasteiger partial charge is 0.250 e. The Morgan fingerprint density at radius 3 is 1.14 bits per heavy atom. The summed E-state index contributed by atoms with van der Waals surface area (Å²) < 4.78 is 90.0. The predicted molar refractivity (Wildman–Crippen MR) is 533 cm³/mol. The van der Waals surface area contributed by atoms with Gasteiger partial charge in [-0.3, -0.25) is 13.7 Å². The standard InChI is InChI=1S/2C12H15N5O2.5C11H13N5O2.C10H11N5O2/c1-16(2)11-13-12(15-14-11)17(3)8-4-5-9-10(6-8)19-7-18-9;1-16(2)12-15-14-11(17(12)3)13-8-4-5-9-10(6-8)19-7-18-9;1-15(11-14-13-10(12)16(11)2)7-3-4-8-9(5-7)18-6-17-8;1-16(2)11-13-10(14-15-11)12-7-3-4-8-9(5-7)18-6-17-8;1-12-10-13-11(15-14-10)16(2)7-3-4-8-9(5-7)18-6-17-8;1-16(11-13-10(12)14-15-11)5-7-2-3-8-9(4-7)18-6-17-8;1-16-10(12)14-15-11(16)13-5-7-2-3-8-9(4-7)18-6-17-8;11-9-13-10(15-14-9)12-4-6-1-2-7-8(3-6)17-5-16-7/h4-6H,7H2,1-3H3,(H,13,14,15);4-6H,7H2,1-3H3,(H,13,14);3-5H,6H2,1-2H3,(H2,12,13);2*3-5H,6H2,1-2H3,(H2,12,13,14,15);2-4H,5-6H2,1H3,(H3,12,13,14,15);2-4H,5-6H2,1H3,(H2,12,14)(H,13,15);1-3H,4-5H2,(H4,11,12,13,14,15). The van der Waals surface area contributed by atoms with Gasteiger partial charge < -0.3 is 160 Å². The first-order valence-electron chi connectivity index (χ1n) is 44.3. The summed E-state index contributed by atoms with van der Waals surface area (Å²) in [6.07, 6.45) is 0. The van der Waals surface area contributed by atoms with E-state index in [1.807, 2.05) is 269 Å². The van der Waals surface area contributed by atoms with Crippen molar-refractivity contribution in [1.82, 2.24) is 120 Å². The number of nitrogen functional groups attached to an aromatic ring is 4. The molecular formula is C89H106N40O16. The summed E-state index contributed by atoms with van der Waals surface area (Å²) in [6.45, 7) is 4.06. The summed E-state index contributed by atoms with van der Waals surface area (Å²) in [5, 5.41) is 73.0. The van der Waals surface area contributed by atoms with Crippen molar-refractivity contribution >= 4 is 124 Å². The molecule has 0 saturated heterocycles. The molecule has 758 valence electrons. The van der Waals surface area contributed by atoms with E-state index in [0.717, 1.165) is 143 Å². The van der Waals surface area contributed by atoms with Crippen molar-refractivity contribution in [1.29, 1.82) is 0 Å². The Bertz CT molecular complexity index is 7100. The third-order valence-electron chi connectivity index (χ3n) is 21.9. The van der Waals surface area contributed by atoms with Crippen LogP contribution in [-0.4, -0.2) is 252 Å². The second-order valence-electron chi connectivity index (χ2n) is 32.5. The van der Waals surface area contributed by atoms with Crippen LogP contribution in [0.25, 0.3) is 0 Å². The van der Waals surface area contributed by atoms with Gasteiger partial charge in [0, 0.05) is 177 Å². The zero-order chi connectivity index (χ0) is 101. The average molecular weight is 1990 g/mol. The Labute approximate surface area is 826 Å². The quantitative estimate of drug-likeness (QED) is 0.0285. The molecule has 8 aliphatic rings. The minimum absolute atomic E-state index is 0.263. The highest BCUT2D eigenvalue weighted by molar-refractivity contribution is 5.68. The number of aromatic amines is 5. The van der Waals surface area contributed by atoms with E-state index in [-0.39, 0.29) is 60.3 Å². The molecule has 0 spiro atoms. The summed E-state index contributed by atoms with van der Waals surface area (Å²) in [7, 11) is 26.3. The summed E-state index contributed by atoms with van der Waals surface area (Å²) in [6, 6.07) is 45.8. The van der Waals surface area contributed by atoms with Crippen LogP contribution in [0.15, 0.2) is 146 Å². The van der Waals surface area contributed by atoms with E-state index in [0.29, 0.717) is 103 Å². The third kappa shape index (κ3) is 23.7. The summed E-state index contributed by atoms with van der Waals surface area (Å²) >= 11 is 0. The van der Waals surface area contributed by atoms with Crippen molar-refractivity contribution in [2.75, 3.05) is 216 Å². The first-order chi connectivity index (χ1) is 70.2. The van der Waals surface area contributed by atoms with E-state index in [1.165, 1.54) is 0 Å². The molecule has 0 atom stereocenters. The summed E-state index contributed by atoms with van der Waals surface area (Å²) in [4.78, 5) is 34.0. The minimum atomic E-state index is 0.263. The fraction of sp³-hybridized carbons (Fsp3) is 0.281. The molecule has 0 fully saturated rings. The highest BCUT2D eigenvalue weighted by Gasteiger charge is 2.26. The molecule has 0 amide bonds. The molecule has 56 nitrogen and oxygen atoms in total. The number of nitrogens with two attached hydrogens (primary N) is 4. The SMILES string of the molecule is CN(C)c1n[nH]c(N(C)c2ccc3c(c2)OCO3)n1.CN(C)c1n[nH]c(Nc2ccc3c(c2)OCO3)n1.CN(C)c1nnc(Nc2ccc3c(c2)OCO3)n1C.CN(Cc1ccc2c(c1)OCO2)c1n[nH]c(N)n1.CN(c1ccc2c(c1)OCO2)c1nnc(N)n1C.CNc1nc(N(C)c2ccc3c(c2)OCO3)n[nH]1.Cn1c(N)nnc1NCc1ccc2c(c1)OCO2.Nc1nc(NCc2ccc3c(c2)OCO3)n[nH]1. The number of hydrogen-bond donors (Lipinski definition) is 14. The molecule has 16 aromatic rings. The molecular weight excluding hydrogens is 1890 g/mol. The molecule has 56 heteroatoms. The number of fused-ring (bicyclic) bond motifs is 8. The monoisotopic (exact) mass is 1990 g/mol. The van der Waals surface area contributed by atoms with Crippen molar-refractivity contribution in [3.8, 4) is 92.0 Å². The van der Waals surface area contributed by atoms with E-state index in [9.17, 15) is 0 Å². The topological polar surface area (TPSA) is 635 Å². The van der Waals surface area contributed by atoms with Crippen molar-refractivity contribution in [2.24, 2.45) is 21.1 Å². The zero-order valence-electron chi connectivity index (χ0n) is 81.1. The van der Waals surface area contributed by atoms with Gasteiger partial charge in [-0.25, -0.2) is 25.5 Å². The van der Waals surface area contributed by atoms with Crippen LogP contribution < -0.4 is 160 Å². The van der Waals surface area contributed by atoms with E-state index < -0.39 is 0 Å². The second-order valence-corrected chi connectivity index (χ2v) is 32.5. The summed E-state index contributed by atoms with van der Waals surface area (Å²) in [5.74, 6) is 21.0. The van der Waals surface area contributed by atoms with Gasteiger partial charge in [-0.05, 0) is 114 Å². The minimum Gasteiger partial charge on any atom is -0.454 e. The number of hydrogen-bond acceptors (Lipinski definition) is 48. The Morgan fingerprint density at radius 2 is 0.697 bits per heavy atom. The van der Waals surface area contributed by atoms with Gasteiger partial charge in [-0.15, -0.1) is 56.1 Å². The number of aromatic nitrogens is 24. The normalized spacial score (nSPS) is 12.6. The fourth-order valence-electron chi connectivity index (χ4n) is 14.0. The van der Waals surface area contributed by atoms with Crippen molar-refractivity contribution in [2.45, 2.75) is 19.6 Å². The Morgan fingerprint density at radius 1 is 0.310 bits per heavy atom. The maximum absolute atomic E-state index is 5.66. The van der Waals surface area contributed by atoms with E-state index in [2.05, 4.69) is 133 Å². The Hall–Kier alpha value is -19.5. The van der Waals surface area contributed by atoms with E-state index >= 15 is 0 Å². The molecule has 18 N–H and O–H groups in total. The van der Waals surface area contributed by atoms with Crippen LogP contribution in [0.3, 0.4) is 0 Å². The summed E-state index contributed by atoms with van der Waals surface area (Å²) in [5.41, 5.74) is 29.9. The molecule has 145 heavy (non-hydrogen) atoms. The Balaban J connectivity index is 0.000000114. The third-order valence-corrected chi connectivity index (χ3v) is 21.9. The lowest BCUT2D eigenvalue weighted by Crippen LogP contribution is -2.17. The van der Waals surface area contributed by atoms with Crippen LogP contribution in [0.4, 0.5) is 124 Å². The van der Waals surface area contributed by atoms with Crippen LogP contribution in [0.5, 0.6) is 92.0 Å².